The molecule has 1 fully saturated rings. The van der Waals surface area contributed by atoms with Gasteiger partial charge in [0.2, 0.25) is 0 Å². The lowest BCUT2D eigenvalue weighted by Crippen LogP contribution is -2.44. The van der Waals surface area contributed by atoms with Crippen LogP contribution in [0.15, 0.2) is 0 Å². The summed E-state index contributed by atoms with van der Waals surface area (Å²) >= 11 is 0. The lowest BCUT2D eigenvalue weighted by molar-refractivity contribution is -0.128. The van der Waals surface area contributed by atoms with Gasteiger partial charge in [0.25, 0.3) is 0 Å². The van der Waals surface area contributed by atoms with Gasteiger partial charge in [-0.2, -0.15) is 0 Å². The smallest absolute Gasteiger partial charge is 0.152 e. The predicted octanol–water partition coefficient (Wildman–Crippen LogP) is 2.48. The number of likely N-dealkylation sites (tertiary alicyclic amines) is 1. The fraction of sp³-hybridized carbons (Fsp3) is 0.917. The number of ketones is 1. The van der Waals surface area contributed by atoms with Crippen LogP contribution in [0.25, 0.3) is 0 Å². The monoisotopic (exact) mass is 197 g/mol. The van der Waals surface area contributed by atoms with Gasteiger partial charge in [0.1, 0.15) is 0 Å². The molecule has 0 unspecified atom stereocenters. The molecule has 2 heteroatoms. The molecule has 0 aliphatic carbocycles. The summed E-state index contributed by atoms with van der Waals surface area (Å²) in [6.07, 6.45) is 2.44. The van der Waals surface area contributed by atoms with E-state index in [2.05, 4.69) is 18.7 Å². The maximum atomic E-state index is 11.9. The summed E-state index contributed by atoms with van der Waals surface area (Å²) in [5.74, 6) is 0.354. The zero-order valence-electron chi connectivity index (χ0n) is 10.2. The van der Waals surface area contributed by atoms with Gasteiger partial charge in [0.05, 0.1) is 6.54 Å². The predicted molar refractivity (Wildman–Crippen MR) is 59.3 cm³/mol. The Morgan fingerprint density at radius 2 is 1.93 bits per heavy atom. The number of hydrogen-bond donors (Lipinski definition) is 0. The average Bonchev–Trinajstić information content (AvgIpc) is 2.29. The Balaban J connectivity index is 2.57. The standard InChI is InChI=1S/C12H23NO/c1-11(2,3)10(14)9-13-8-6-7-12(13,4)5/h6-9H2,1-5H3. The van der Waals surface area contributed by atoms with Gasteiger partial charge in [-0.05, 0) is 33.2 Å². The van der Waals surface area contributed by atoms with Crippen LogP contribution in [0, 0.1) is 5.41 Å². The summed E-state index contributed by atoms with van der Waals surface area (Å²) in [5.41, 5.74) is 0.0274. The normalized spacial score (nSPS) is 22.6. The summed E-state index contributed by atoms with van der Waals surface area (Å²) in [6.45, 7) is 12.2. The third kappa shape index (κ3) is 2.57. The van der Waals surface area contributed by atoms with E-state index in [1.165, 1.54) is 12.8 Å². The number of rotatable bonds is 2. The van der Waals surface area contributed by atoms with Crippen molar-refractivity contribution >= 4 is 5.78 Å². The lowest BCUT2D eigenvalue weighted by atomic mass is 9.90. The van der Waals surface area contributed by atoms with E-state index >= 15 is 0 Å². The molecular formula is C12H23NO. The first-order chi connectivity index (χ1) is 6.23. The van der Waals surface area contributed by atoms with Crippen LogP contribution in [0.5, 0.6) is 0 Å². The van der Waals surface area contributed by atoms with Crippen molar-refractivity contribution in [3.05, 3.63) is 0 Å². The molecule has 1 aliphatic rings. The number of Topliss-reactive ketones (excluding diaryl/α,β-unsaturated/α-hetero) is 1. The van der Waals surface area contributed by atoms with Crippen LogP contribution >= 0.6 is 0 Å². The minimum absolute atomic E-state index is 0.196. The Morgan fingerprint density at radius 3 is 2.29 bits per heavy atom. The summed E-state index contributed by atoms with van der Waals surface area (Å²) < 4.78 is 0. The maximum absolute atomic E-state index is 11.9. The van der Waals surface area contributed by atoms with Gasteiger partial charge in [0.15, 0.2) is 5.78 Å². The van der Waals surface area contributed by atoms with Crippen molar-refractivity contribution in [1.29, 1.82) is 0 Å². The van der Waals surface area contributed by atoms with E-state index in [-0.39, 0.29) is 11.0 Å². The first kappa shape index (κ1) is 11.7. The van der Waals surface area contributed by atoms with Crippen molar-refractivity contribution in [3.8, 4) is 0 Å². The zero-order valence-corrected chi connectivity index (χ0v) is 10.2. The van der Waals surface area contributed by atoms with Crippen molar-refractivity contribution < 1.29 is 4.79 Å². The molecule has 0 radical (unpaired) electrons. The molecule has 1 rings (SSSR count). The second-order valence-electron chi connectivity index (χ2n) is 6.01. The van der Waals surface area contributed by atoms with E-state index in [9.17, 15) is 4.79 Å². The fourth-order valence-corrected chi connectivity index (χ4v) is 1.87. The SMILES string of the molecule is CC(C)(C)C(=O)CN1CCCC1(C)C. The topological polar surface area (TPSA) is 20.3 Å². The Hall–Kier alpha value is -0.370. The van der Waals surface area contributed by atoms with Gasteiger partial charge in [0, 0.05) is 11.0 Å². The molecule has 0 aromatic carbocycles. The summed E-state index contributed by atoms with van der Waals surface area (Å²) in [5, 5.41) is 0. The first-order valence-electron chi connectivity index (χ1n) is 5.52. The van der Waals surface area contributed by atoms with Gasteiger partial charge in [-0.25, -0.2) is 0 Å². The summed E-state index contributed by atoms with van der Waals surface area (Å²) in [7, 11) is 0. The molecule has 0 N–H and O–H groups in total. The van der Waals surface area contributed by atoms with Crippen LogP contribution in [0.1, 0.15) is 47.5 Å². The molecule has 0 saturated carbocycles. The van der Waals surface area contributed by atoms with Gasteiger partial charge in [-0.3, -0.25) is 9.69 Å². The summed E-state index contributed by atoms with van der Waals surface area (Å²) in [6, 6.07) is 0. The highest BCUT2D eigenvalue weighted by Crippen LogP contribution is 2.29. The average molecular weight is 197 g/mol. The van der Waals surface area contributed by atoms with Crippen molar-refractivity contribution in [2.75, 3.05) is 13.1 Å². The molecule has 0 aromatic heterocycles. The molecule has 2 nitrogen and oxygen atoms in total. The molecule has 82 valence electrons. The van der Waals surface area contributed by atoms with E-state index in [4.69, 9.17) is 0 Å². The molecule has 0 amide bonds. The van der Waals surface area contributed by atoms with E-state index in [0.717, 1.165) is 6.54 Å². The van der Waals surface area contributed by atoms with Crippen LogP contribution in [0.3, 0.4) is 0 Å². The largest absolute Gasteiger partial charge is 0.298 e. The number of nitrogens with zero attached hydrogens (tertiary/aromatic N) is 1. The molecule has 0 spiro atoms. The Kier molecular flexibility index (Phi) is 3.05. The molecule has 0 atom stereocenters. The quantitative estimate of drug-likeness (QED) is 0.678. The first-order valence-corrected chi connectivity index (χ1v) is 5.52. The number of hydrogen-bond acceptors (Lipinski definition) is 2. The highest BCUT2D eigenvalue weighted by Gasteiger charge is 2.34. The van der Waals surface area contributed by atoms with Crippen LogP contribution in [-0.4, -0.2) is 29.3 Å². The Labute approximate surface area is 87.7 Å². The van der Waals surface area contributed by atoms with Crippen LogP contribution in [-0.2, 0) is 4.79 Å². The lowest BCUT2D eigenvalue weighted by Gasteiger charge is -2.32. The molecule has 14 heavy (non-hydrogen) atoms. The van der Waals surface area contributed by atoms with Crippen LogP contribution in [0.4, 0.5) is 0 Å². The van der Waals surface area contributed by atoms with Gasteiger partial charge in [-0.1, -0.05) is 20.8 Å². The van der Waals surface area contributed by atoms with E-state index in [0.29, 0.717) is 12.3 Å². The number of carbonyl (C=O) groups is 1. The van der Waals surface area contributed by atoms with Crippen molar-refractivity contribution in [2.24, 2.45) is 5.41 Å². The van der Waals surface area contributed by atoms with Gasteiger partial charge >= 0.3 is 0 Å². The minimum atomic E-state index is -0.196. The van der Waals surface area contributed by atoms with Crippen molar-refractivity contribution in [1.82, 2.24) is 4.90 Å². The Morgan fingerprint density at radius 1 is 1.36 bits per heavy atom. The van der Waals surface area contributed by atoms with E-state index < -0.39 is 0 Å². The third-order valence-electron chi connectivity index (χ3n) is 3.24. The molecule has 1 aliphatic heterocycles. The van der Waals surface area contributed by atoms with Crippen molar-refractivity contribution in [3.63, 3.8) is 0 Å². The fourth-order valence-electron chi connectivity index (χ4n) is 1.87. The van der Waals surface area contributed by atoms with Crippen molar-refractivity contribution in [2.45, 2.75) is 53.0 Å². The van der Waals surface area contributed by atoms with Crippen LogP contribution < -0.4 is 0 Å². The second-order valence-corrected chi connectivity index (χ2v) is 6.01. The summed E-state index contributed by atoms with van der Waals surface area (Å²) in [4.78, 5) is 14.2. The second kappa shape index (κ2) is 3.65. The molecule has 1 saturated heterocycles. The molecule has 0 aromatic rings. The van der Waals surface area contributed by atoms with E-state index in [1.807, 2.05) is 20.8 Å². The van der Waals surface area contributed by atoms with Gasteiger partial charge < -0.3 is 0 Å². The highest BCUT2D eigenvalue weighted by molar-refractivity contribution is 5.85. The maximum Gasteiger partial charge on any atom is 0.152 e. The zero-order chi connectivity index (χ0) is 11.0. The van der Waals surface area contributed by atoms with Crippen LogP contribution in [0.2, 0.25) is 0 Å². The minimum Gasteiger partial charge on any atom is -0.298 e. The number of carbonyl (C=O) groups excluding carboxylic acids is 1. The highest BCUT2D eigenvalue weighted by atomic mass is 16.1. The van der Waals surface area contributed by atoms with E-state index in [1.54, 1.807) is 0 Å². The molecule has 1 heterocycles. The molecular weight excluding hydrogens is 174 g/mol. The Bertz CT molecular complexity index is 225. The third-order valence-corrected chi connectivity index (χ3v) is 3.24. The molecule has 0 bridgehead atoms. The van der Waals surface area contributed by atoms with Gasteiger partial charge in [-0.15, -0.1) is 0 Å².